The maximum absolute atomic E-state index is 13.8. The standard InChI is InChI=1S/C26H35N3O4S/c1-16(15-30)29-22(24(32)28-18-10-6-3-7-11-18)26-13-12-19(34-26)20(21(26)25(29)33)23(31)27-14-17-8-4-2-5-9-17/h2,4-5,8-9,16,18-22,30H,3,6-7,10-15H2,1H3,(H,27,31)(H,28,32)/t16-,19-,20+,21+,22?,26?/m1/s1. The van der Waals surface area contributed by atoms with Gasteiger partial charge in [0.25, 0.3) is 0 Å². The molecule has 2 bridgehead atoms. The number of benzene rings is 1. The first-order valence-corrected chi connectivity index (χ1v) is 13.6. The van der Waals surface area contributed by atoms with Crippen LogP contribution in [0.1, 0.15) is 57.4 Å². The van der Waals surface area contributed by atoms with Gasteiger partial charge in [0.15, 0.2) is 0 Å². The molecular formula is C26H35N3O4S. The second kappa shape index (κ2) is 9.53. The summed E-state index contributed by atoms with van der Waals surface area (Å²) in [5.41, 5.74) is 1.01. The quantitative estimate of drug-likeness (QED) is 0.550. The van der Waals surface area contributed by atoms with Gasteiger partial charge in [-0.3, -0.25) is 14.4 Å². The molecule has 8 heteroatoms. The van der Waals surface area contributed by atoms with Gasteiger partial charge in [-0.25, -0.2) is 0 Å². The Kier molecular flexibility index (Phi) is 6.64. The number of hydrogen-bond acceptors (Lipinski definition) is 5. The second-order valence-corrected chi connectivity index (χ2v) is 12.0. The molecule has 3 heterocycles. The molecule has 7 nitrogen and oxygen atoms in total. The summed E-state index contributed by atoms with van der Waals surface area (Å²) in [6, 6.07) is 8.78. The average molecular weight is 486 g/mol. The molecule has 1 aromatic carbocycles. The third-order valence-electron chi connectivity index (χ3n) is 8.29. The fourth-order valence-corrected chi connectivity index (χ4v) is 8.89. The number of nitrogens with zero attached hydrogens (tertiary/aromatic N) is 1. The molecule has 5 rings (SSSR count). The van der Waals surface area contributed by atoms with E-state index >= 15 is 0 Å². The summed E-state index contributed by atoms with van der Waals surface area (Å²) in [4.78, 5) is 42.5. The van der Waals surface area contributed by atoms with E-state index in [9.17, 15) is 19.5 Å². The predicted molar refractivity (Wildman–Crippen MR) is 131 cm³/mol. The van der Waals surface area contributed by atoms with Crippen LogP contribution < -0.4 is 10.6 Å². The van der Waals surface area contributed by atoms with Crippen LogP contribution >= 0.6 is 11.8 Å². The van der Waals surface area contributed by atoms with E-state index in [4.69, 9.17) is 0 Å². The van der Waals surface area contributed by atoms with E-state index < -0.39 is 28.7 Å². The van der Waals surface area contributed by atoms with Crippen LogP contribution in [0, 0.1) is 11.8 Å². The van der Waals surface area contributed by atoms with Gasteiger partial charge < -0.3 is 20.6 Å². The molecule has 0 aromatic heterocycles. The lowest BCUT2D eigenvalue weighted by Crippen LogP contribution is -2.57. The lowest BCUT2D eigenvalue weighted by atomic mass is 9.70. The molecule has 184 valence electrons. The minimum absolute atomic E-state index is 0.0429. The highest BCUT2D eigenvalue weighted by Crippen LogP contribution is 2.66. The van der Waals surface area contributed by atoms with Crippen LogP contribution in [0.2, 0.25) is 0 Å². The fraction of sp³-hybridized carbons (Fsp3) is 0.654. The Labute approximate surface area is 205 Å². The van der Waals surface area contributed by atoms with E-state index in [0.717, 1.165) is 44.1 Å². The number of likely N-dealkylation sites (tertiary alicyclic amines) is 1. The summed E-state index contributed by atoms with van der Waals surface area (Å²) >= 11 is 1.68. The van der Waals surface area contributed by atoms with Crippen LogP contribution in [0.15, 0.2) is 30.3 Å². The summed E-state index contributed by atoms with van der Waals surface area (Å²) in [5.74, 6) is -1.34. The van der Waals surface area contributed by atoms with Gasteiger partial charge in [-0.1, -0.05) is 49.6 Å². The van der Waals surface area contributed by atoms with E-state index in [1.807, 2.05) is 30.3 Å². The molecule has 3 N–H and O–H groups in total. The number of thioether (sulfide) groups is 1. The molecule has 2 unspecified atom stereocenters. The molecule has 0 radical (unpaired) electrons. The van der Waals surface area contributed by atoms with Gasteiger partial charge in [0.1, 0.15) is 6.04 Å². The molecule has 4 fully saturated rings. The zero-order valence-electron chi connectivity index (χ0n) is 19.7. The Morgan fingerprint density at radius 3 is 2.59 bits per heavy atom. The highest BCUT2D eigenvalue weighted by atomic mass is 32.2. The molecule has 1 aliphatic carbocycles. The molecule has 4 aliphatic rings. The number of hydrogen-bond donors (Lipinski definition) is 3. The average Bonchev–Trinajstić information content (AvgIpc) is 3.50. The van der Waals surface area contributed by atoms with Gasteiger partial charge in [0.05, 0.1) is 29.2 Å². The Morgan fingerprint density at radius 1 is 1.15 bits per heavy atom. The fourth-order valence-electron chi connectivity index (χ4n) is 6.68. The largest absolute Gasteiger partial charge is 0.394 e. The van der Waals surface area contributed by atoms with Gasteiger partial charge in [0.2, 0.25) is 17.7 Å². The van der Waals surface area contributed by atoms with E-state index in [0.29, 0.717) is 6.54 Å². The Balaban J connectivity index is 1.40. The highest BCUT2D eigenvalue weighted by Gasteiger charge is 2.74. The molecule has 6 atom stereocenters. The monoisotopic (exact) mass is 485 g/mol. The number of carbonyl (C=O) groups is 3. The molecule has 1 saturated carbocycles. The first-order valence-electron chi connectivity index (χ1n) is 12.7. The topological polar surface area (TPSA) is 98.7 Å². The number of carbonyl (C=O) groups excluding carboxylic acids is 3. The van der Waals surface area contributed by atoms with Crippen molar-refractivity contribution in [3.05, 3.63) is 35.9 Å². The lowest BCUT2D eigenvalue weighted by Gasteiger charge is -2.37. The Hall–Kier alpha value is -2.06. The number of rotatable bonds is 7. The van der Waals surface area contributed by atoms with Gasteiger partial charge in [0, 0.05) is 17.8 Å². The molecule has 3 saturated heterocycles. The van der Waals surface area contributed by atoms with Crippen molar-refractivity contribution >= 4 is 29.5 Å². The summed E-state index contributed by atoms with van der Waals surface area (Å²) in [7, 11) is 0. The van der Waals surface area contributed by atoms with Crippen molar-refractivity contribution in [2.24, 2.45) is 11.8 Å². The number of fused-ring (bicyclic) bond motifs is 1. The summed E-state index contributed by atoms with van der Waals surface area (Å²) in [6.07, 6.45) is 6.94. The van der Waals surface area contributed by atoms with Crippen LogP contribution in [0.4, 0.5) is 0 Å². The zero-order chi connectivity index (χ0) is 23.9. The van der Waals surface area contributed by atoms with Crippen molar-refractivity contribution in [3.63, 3.8) is 0 Å². The Bertz CT molecular complexity index is 937. The van der Waals surface area contributed by atoms with Crippen LogP contribution in [0.25, 0.3) is 0 Å². The molecule has 3 aliphatic heterocycles. The second-order valence-electron chi connectivity index (χ2n) is 10.4. The molecule has 1 aromatic rings. The number of aliphatic hydroxyl groups is 1. The van der Waals surface area contributed by atoms with Crippen LogP contribution in [-0.2, 0) is 20.9 Å². The summed E-state index contributed by atoms with van der Waals surface area (Å²) < 4.78 is -0.599. The molecule has 3 amide bonds. The van der Waals surface area contributed by atoms with Crippen LogP contribution in [-0.4, -0.2) is 62.5 Å². The maximum Gasteiger partial charge on any atom is 0.244 e. The van der Waals surface area contributed by atoms with Crippen molar-refractivity contribution in [2.75, 3.05) is 6.61 Å². The maximum atomic E-state index is 13.8. The number of amides is 3. The van der Waals surface area contributed by atoms with Gasteiger partial charge >= 0.3 is 0 Å². The van der Waals surface area contributed by atoms with Crippen molar-refractivity contribution in [3.8, 4) is 0 Å². The SMILES string of the molecule is C[C@H](CO)N1C(=O)[C@@H]2[C@@H](C(=O)NCc3ccccc3)[C@H]3CCC2(S3)C1C(=O)NC1CCCCC1. The van der Waals surface area contributed by atoms with Gasteiger partial charge in [-0.05, 0) is 38.2 Å². The number of nitrogens with one attached hydrogen (secondary N) is 2. The zero-order valence-corrected chi connectivity index (χ0v) is 20.6. The predicted octanol–water partition coefficient (Wildman–Crippen LogP) is 2.22. The molecule has 34 heavy (non-hydrogen) atoms. The van der Waals surface area contributed by atoms with Crippen LogP contribution in [0.5, 0.6) is 0 Å². The number of aliphatic hydroxyl groups excluding tert-OH is 1. The summed E-state index contributed by atoms with van der Waals surface area (Å²) in [5, 5.41) is 16.3. The van der Waals surface area contributed by atoms with E-state index in [-0.39, 0.29) is 35.6 Å². The van der Waals surface area contributed by atoms with Crippen LogP contribution in [0.3, 0.4) is 0 Å². The third-order valence-corrected chi connectivity index (χ3v) is 10.2. The van der Waals surface area contributed by atoms with E-state index in [2.05, 4.69) is 10.6 Å². The lowest BCUT2D eigenvalue weighted by molar-refractivity contribution is -0.142. The molecular weight excluding hydrogens is 450 g/mol. The van der Waals surface area contributed by atoms with Gasteiger partial charge in [-0.15, -0.1) is 11.8 Å². The minimum atomic E-state index is -0.643. The highest BCUT2D eigenvalue weighted by molar-refractivity contribution is 8.02. The Morgan fingerprint density at radius 2 is 1.88 bits per heavy atom. The van der Waals surface area contributed by atoms with Crippen molar-refractivity contribution < 1.29 is 19.5 Å². The normalized spacial score (nSPS) is 33.6. The van der Waals surface area contributed by atoms with Gasteiger partial charge in [-0.2, -0.15) is 0 Å². The third kappa shape index (κ3) is 3.92. The van der Waals surface area contributed by atoms with Crippen molar-refractivity contribution in [2.45, 2.75) is 86.5 Å². The smallest absolute Gasteiger partial charge is 0.244 e. The van der Waals surface area contributed by atoms with Crippen molar-refractivity contribution in [1.82, 2.24) is 15.5 Å². The minimum Gasteiger partial charge on any atom is -0.394 e. The molecule has 1 spiro atoms. The van der Waals surface area contributed by atoms with Crippen molar-refractivity contribution in [1.29, 1.82) is 0 Å². The van der Waals surface area contributed by atoms with E-state index in [1.54, 1.807) is 23.6 Å². The summed E-state index contributed by atoms with van der Waals surface area (Å²) in [6.45, 7) is 2.00. The first-order chi connectivity index (χ1) is 16.5. The van der Waals surface area contributed by atoms with E-state index in [1.165, 1.54) is 6.42 Å². The first kappa shape index (κ1) is 23.7.